The van der Waals surface area contributed by atoms with Gasteiger partial charge in [0.05, 0.1) is 5.56 Å². The first-order chi connectivity index (χ1) is 12.0. The number of hydrogen-bond donors (Lipinski definition) is 0. The number of esters is 1. The average Bonchev–Trinajstić information content (AvgIpc) is 2.58. The molecule has 0 N–H and O–H groups in total. The molecule has 1 aromatic heterocycles. The summed E-state index contributed by atoms with van der Waals surface area (Å²) in [6.45, 7) is 3.86. The van der Waals surface area contributed by atoms with E-state index in [4.69, 9.17) is 16.3 Å². The Morgan fingerprint density at radius 1 is 1.28 bits per heavy atom. The van der Waals surface area contributed by atoms with E-state index in [0.29, 0.717) is 12.1 Å². The van der Waals surface area contributed by atoms with Crippen LogP contribution in [0, 0.1) is 13.8 Å². The van der Waals surface area contributed by atoms with Gasteiger partial charge in [-0.3, -0.25) is 4.79 Å². The van der Waals surface area contributed by atoms with Crippen molar-refractivity contribution >= 4 is 29.2 Å². The number of carbonyl (C=O) groups is 2. The summed E-state index contributed by atoms with van der Waals surface area (Å²) in [6.07, 6.45) is 1.84. The lowest BCUT2D eigenvalue weighted by atomic mass is 10.0. The van der Waals surface area contributed by atoms with Crippen LogP contribution in [0.15, 0.2) is 30.3 Å². The van der Waals surface area contributed by atoms with Gasteiger partial charge < -0.3 is 9.64 Å². The number of halogens is 1. The summed E-state index contributed by atoms with van der Waals surface area (Å²) in [5.41, 5.74) is 3.63. The number of carbonyl (C=O) groups excluding carboxylic acids is 2. The van der Waals surface area contributed by atoms with Gasteiger partial charge in [-0.1, -0.05) is 29.8 Å². The molecule has 0 bridgehead atoms. The van der Waals surface area contributed by atoms with Crippen molar-refractivity contribution in [2.24, 2.45) is 0 Å². The van der Waals surface area contributed by atoms with Crippen LogP contribution in [0.2, 0.25) is 5.15 Å². The number of fused-ring (bicyclic) bond motifs is 1. The first kappa shape index (κ1) is 17.4. The summed E-state index contributed by atoms with van der Waals surface area (Å²) in [6, 6.07) is 9.55. The SMILES string of the molecule is Cc1cc(C)c(C(=O)OCC(=O)N2CCCc3ccccc32)c(Cl)n1. The van der Waals surface area contributed by atoms with Crippen LogP contribution in [0.3, 0.4) is 0 Å². The minimum atomic E-state index is -0.631. The van der Waals surface area contributed by atoms with Crippen molar-refractivity contribution in [1.29, 1.82) is 0 Å². The van der Waals surface area contributed by atoms with E-state index in [9.17, 15) is 9.59 Å². The largest absolute Gasteiger partial charge is 0.452 e. The van der Waals surface area contributed by atoms with Crippen molar-refractivity contribution in [2.75, 3.05) is 18.1 Å². The second-order valence-electron chi connectivity index (χ2n) is 6.10. The van der Waals surface area contributed by atoms with Gasteiger partial charge in [-0.25, -0.2) is 9.78 Å². The Kier molecular flexibility index (Phi) is 5.04. The highest BCUT2D eigenvalue weighted by Gasteiger charge is 2.24. The average molecular weight is 359 g/mol. The molecule has 0 saturated heterocycles. The molecular formula is C19H19ClN2O3. The minimum Gasteiger partial charge on any atom is -0.452 e. The molecule has 0 saturated carbocycles. The molecule has 130 valence electrons. The number of aromatic nitrogens is 1. The lowest BCUT2D eigenvalue weighted by molar-refractivity contribution is -0.121. The maximum absolute atomic E-state index is 12.5. The summed E-state index contributed by atoms with van der Waals surface area (Å²) in [4.78, 5) is 30.6. The zero-order chi connectivity index (χ0) is 18.0. The summed E-state index contributed by atoms with van der Waals surface area (Å²) in [7, 11) is 0. The second kappa shape index (κ2) is 7.23. The predicted octanol–water partition coefficient (Wildman–Crippen LogP) is 3.49. The fourth-order valence-electron chi connectivity index (χ4n) is 3.11. The van der Waals surface area contributed by atoms with Gasteiger partial charge in [0.15, 0.2) is 6.61 Å². The normalized spacial score (nSPS) is 13.3. The van der Waals surface area contributed by atoms with Gasteiger partial charge >= 0.3 is 5.97 Å². The van der Waals surface area contributed by atoms with Gasteiger partial charge in [0.1, 0.15) is 5.15 Å². The number of ether oxygens (including phenoxy) is 1. The zero-order valence-corrected chi connectivity index (χ0v) is 15.0. The summed E-state index contributed by atoms with van der Waals surface area (Å²) < 4.78 is 5.21. The lowest BCUT2D eigenvalue weighted by Gasteiger charge is -2.29. The Bertz CT molecular complexity index is 812. The van der Waals surface area contributed by atoms with Crippen molar-refractivity contribution in [3.05, 3.63) is 57.9 Å². The molecule has 0 aliphatic carbocycles. The van der Waals surface area contributed by atoms with Gasteiger partial charge in [-0.05, 0) is 49.9 Å². The topological polar surface area (TPSA) is 59.5 Å². The molecule has 0 spiro atoms. The smallest absolute Gasteiger partial charge is 0.342 e. The van der Waals surface area contributed by atoms with E-state index < -0.39 is 5.97 Å². The number of para-hydroxylation sites is 1. The Balaban J connectivity index is 1.70. The lowest BCUT2D eigenvalue weighted by Crippen LogP contribution is -2.38. The van der Waals surface area contributed by atoms with Crippen LogP contribution in [-0.4, -0.2) is 30.0 Å². The molecule has 5 nitrogen and oxygen atoms in total. The number of hydrogen-bond acceptors (Lipinski definition) is 4. The van der Waals surface area contributed by atoms with Gasteiger partial charge in [-0.15, -0.1) is 0 Å². The van der Waals surface area contributed by atoms with Crippen LogP contribution in [0.1, 0.15) is 33.6 Å². The van der Waals surface area contributed by atoms with E-state index in [1.165, 1.54) is 0 Å². The van der Waals surface area contributed by atoms with E-state index in [2.05, 4.69) is 4.98 Å². The fraction of sp³-hybridized carbons (Fsp3) is 0.316. The molecule has 0 radical (unpaired) electrons. The molecule has 2 aromatic rings. The molecule has 0 unspecified atom stereocenters. The van der Waals surface area contributed by atoms with Crippen LogP contribution in [0.5, 0.6) is 0 Å². The van der Waals surface area contributed by atoms with Crippen LogP contribution in [0.4, 0.5) is 5.69 Å². The van der Waals surface area contributed by atoms with Crippen molar-refractivity contribution < 1.29 is 14.3 Å². The maximum Gasteiger partial charge on any atom is 0.342 e. The Morgan fingerprint density at radius 3 is 2.80 bits per heavy atom. The second-order valence-corrected chi connectivity index (χ2v) is 6.46. The molecule has 1 amide bonds. The molecule has 1 aliphatic rings. The highest BCUT2D eigenvalue weighted by molar-refractivity contribution is 6.32. The number of benzene rings is 1. The van der Waals surface area contributed by atoms with Crippen molar-refractivity contribution in [1.82, 2.24) is 4.98 Å². The summed E-state index contributed by atoms with van der Waals surface area (Å²) in [5.74, 6) is -0.872. The first-order valence-electron chi connectivity index (χ1n) is 8.16. The molecule has 1 aliphatic heterocycles. The van der Waals surface area contributed by atoms with Crippen LogP contribution >= 0.6 is 11.6 Å². The third kappa shape index (κ3) is 3.66. The van der Waals surface area contributed by atoms with E-state index in [-0.39, 0.29) is 23.2 Å². The van der Waals surface area contributed by atoms with Crippen LogP contribution < -0.4 is 4.90 Å². The number of anilines is 1. The van der Waals surface area contributed by atoms with Crippen LogP contribution in [-0.2, 0) is 16.0 Å². The third-order valence-corrected chi connectivity index (χ3v) is 4.52. The van der Waals surface area contributed by atoms with Gasteiger partial charge in [0.2, 0.25) is 0 Å². The number of pyridine rings is 1. The van der Waals surface area contributed by atoms with E-state index in [1.54, 1.807) is 24.8 Å². The molecule has 6 heteroatoms. The Morgan fingerprint density at radius 2 is 2.04 bits per heavy atom. The number of aryl methyl sites for hydroxylation is 3. The molecular weight excluding hydrogens is 340 g/mol. The quantitative estimate of drug-likeness (QED) is 0.622. The van der Waals surface area contributed by atoms with E-state index >= 15 is 0 Å². The highest BCUT2D eigenvalue weighted by atomic mass is 35.5. The maximum atomic E-state index is 12.5. The molecule has 25 heavy (non-hydrogen) atoms. The van der Waals surface area contributed by atoms with Crippen molar-refractivity contribution in [3.8, 4) is 0 Å². The zero-order valence-electron chi connectivity index (χ0n) is 14.2. The third-order valence-electron chi connectivity index (χ3n) is 4.24. The summed E-state index contributed by atoms with van der Waals surface area (Å²) in [5, 5.41) is 0.0956. The van der Waals surface area contributed by atoms with Crippen molar-refractivity contribution in [3.63, 3.8) is 0 Å². The van der Waals surface area contributed by atoms with Gasteiger partial charge in [0.25, 0.3) is 5.91 Å². The monoisotopic (exact) mass is 358 g/mol. The van der Waals surface area contributed by atoms with Gasteiger partial charge in [-0.2, -0.15) is 0 Å². The van der Waals surface area contributed by atoms with E-state index in [1.807, 2.05) is 24.3 Å². The number of nitrogens with zero attached hydrogens (tertiary/aromatic N) is 2. The predicted molar refractivity (Wildman–Crippen MR) is 96.1 cm³/mol. The number of rotatable bonds is 3. The van der Waals surface area contributed by atoms with Crippen molar-refractivity contribution in [2.45, 2.75) is 26.7 Å². The van der Waals surface area contributed by atoms with E-state index in [0.717, 1.165) is 29.8 Å². The highest BCUT2D eigenvalue weighted by Crippen LogP contribution is 2.27. The fourth-order valence-corrected chi connectivity index (χ4v) is 3.47. The molecule has 2 heterocycles. The van der Waals surface area contributed by atoms with Crippen LogP contribution in [0.25, 0.3) is 0 Å². The minimum absolute atomic E-state index is 0.0956. The number of amides is 1. The molecule has 0 atom stereocenters. The standard InChI is InChI=1S/C19H19ClN2O3/c1-12-10-13(2)21-18(20)17(12)19(24)25-11-16(23)22-9-5-7-14-6-3-4-8-15(14)22/h3-4,6,8,10H,5,7,9,11H2,1-2H3. The molecule has 0 fully saturated rings. The Labute approximate surface area is 151 Å². The molecule has 1 aromatic carbocycles. The van der Waals surface area contributed by atoms with Gasteiger partial charge in [0, 0.05) is 17.9 Å². The summed E-state index contributed by atoms with van der Waals surface area (Å²) >= 11 is 6.05. The molecule has 3 rings (SSSR count). The Hall–Kier alpha value is -2.40. The first-order valence-corrected chi connectivity index (χ1v) is 8.54.